The van der Waals surface area contributed by atoms with Crippen LogP contribution in [0.1, 0.15) is 12.8 Å². The molecule has 4 nitrogen and oxygen atoms in total. The molecule has 6 heteroatoms. The summed E-state index contributed by atoms with van der Waals surface area (Å²) in [5.41, 5.74) is 5.94. The van der Waals surface area contributed by atoms with Crippen molar-refractivity contribution >= 4 is 27.0 Å². The summed E-state index contributed by atoms with van der Waals surface area (Å²) in [5.74, 6) is 0. The fourth-order valence-electron chi connectivity index (χ4n) is 0.950. The van der Waals surface area contributed by atoms with Gasteiger partial charge in [-0.2, -0.15) is 0 Å². The number of nitrogens with two attached hydrogens (primary N) is 1. The molecule has 0 aromatic carbocycles. The number of hydrogen-bond acceptors (Lipinski definition) is 4. The highest BCUT2D eigenvalue weighted by Crippen LogP contribution is 2.25. The zero-order chi connectivity index (χ0) is 9.47. The highest BCUT2D eigenvalue weighted by atomic mass is 32.2. The topological polar surface area (TPSA) is 72.2 Å². The molecule has 2 rings (SSSR count). The van der Waals surface area contributed by atoms with Crippen LogP contribution < -0.4 is 10.5 Å². The van der Waals surface area contributed by atoms with E-state index in [9.17, 15) is 8.42 Å². The third-order valence-corrected chi connectivity index (χ3v) is 4.74. The van der Waals surface area contributed by atoms with Crippen LogP contribution in [0.5, 0.6) is 0 Å². The Labute approximate surface area is 80.8 Å². The molecule has 1 aromatic rings. The maximum Gasteiger partial charge on any atom is 0.250 e. The van der Waals surface area contributed by atoms with Gasteiger partial charge in [0.2, 0.25) is 10.0 Å². The van der Waals surface area contributed by atoms with E-state index in [1.54, 1.807) is 5.38 Å². The maximum atomic E-state index is 11.5. The number of rotatable bonds is 3. The normalized spacial score (nSPS) is 17.5. The SMILES string of the molecule is Nc1csc(S(=O)(=O)NC2CC2)c1. The van der Waals surface area contributed by atoms with Crippen LogP contribution in [0, 0.1) is 0 Å². The molecular weight excluding hydrogens is 208 g/mol. The first-order chi connectivity index (χ1) is 6.08. The Morgan fingerprint density at radius 1 is 1.54 bits per heavy atom. The van der Waals surface area contributed by atoms with Crippen molar-refractivity contribution in [1.82, 2.24) is 4.72 Å². The van der Waals surface area contributed by atoms with Crippen LogP contribution in [0.15, 0.2) is 15.7 Å². The highest BCUT2D eigenvalue weighted by molar-refractivity contribution is 7.91. The Morgan fingerprint density at radius 2 is 2.23 bits per heavy atom. The smallest absolute Gasteiger partial charge is 0.250 e. The standard InChI is InChI=1S/C7H10N2O2S2/c8-5-3-7(12-4-5)13(10,11)9-6-1-2-6/h3-4,6,9H,1-2,8H2. The van der Waals surface area contributed by atoms with Gasteiger partial charge in [0, 0.05) is 17.1 Å². The molecule has 0 atom stereocenters. The summed E-state index contributed by atoms with van der Waals surface area (Å²) in [5, 5.41) is 1.63. The quantitative estimate of drug-likeness (QED) is 0.787. The van der Waals surface area contributed by atoms with Gasteiger partial charge in [-0.05, 0) is 18.9 Å². The lowest BCUT2D eigenvalue weighted by Crippen LogP contribution is -2.24. The average molecular weight is 218 g/mol. The number of nitrogen functional groups attached to an aromatic ring is 1. The van der Waals surface area contributed by atoms with Crippen molar-refractivity contribution in [2.75, 3.05) is 5.73 Å². The van der Waals surface area contributed by atoms with Crippen LogP contribution in [0.3, 0.4) is 0 Å². The van der Waals surface area contributed by atoms with Gasteiger partial charge in [-0.25, -0.2) is 13.1 Å². The summed E-state index contributed by atoms with van der Waals surface area (Å²) in [6.45, 7) is 0. The Balaban J connectivity index is 2.22. The van der Waals surface area contributed by atoms with Crippen molar-refractivity contribution in [3.05, 3.63) is 11.4 Å². The molecule has 1 aromatic heterocycles. The largest absolute Gasteiger partial charge is 0.398 e. The van der Waals surface area contributed by atoms with Gasteiger partial charge in [-0.3, -0.25) is 0 Å². The second kappa shape index (κ2) is 2.97. The van der Waals surface area contributed by atoms with Crippen molar-refractivity contribution in [1.29, 1.82) is 0 Å². The molecule has 0 amide bonds. The van der Waals surface area contributed by atoms with Crippen molar-refractivity contribution in [3.63, 3.8) is 0 Å². The van der Waals surface area contributed by atoms with Crippen LogP contribution in [-0.2, 0) is 10.0 Å². The van der Waals surface area contributed by atoms with E-state index in [1.807, 2.05) is 0 Å². The van der Waals surface area contributed by atoms with Gasteiger partial charge < -0.3 is 5.73 Å². The second-order valence-corrected chi connectivity index (χ2v) is 5.95. The molecule has 72 valence electrons. The molecule has 1 saturated carbocycles. The van der Waals surface area contributed by atoms with Gasteiger partial charge in [0.15, 0.2) is 0 Å². The van der Waals surface area contributed by atoms with Crippen LogP contribution in [0.25, 0.3) is 0 Å². The monoisotopic (exact) mass is 218 g/mol. The number of nitrogens with one attached hydrogen (secondary N) is 1. The zero-order valence-corrected chi connectivity index (χ0v) is 8.49. The lowest BCUT2D eigenvalue weighted by molar-refractivity contribution is 0.583. The maximum absolute atomic E-state index is 11.5. The van der Waals surface area contributed by atoms with Gasteiger partial charge in [-0.1, -0.05) is 0 Å². The molecule has 0 saturated heterocycles. The molecule has 0 radical (unpaired) electrons. The van der Waals surface area contributed by atoms with Crippen LogP contribution in [0.2, 0.25) is 0 Å². The molecule has 1 aliphatic rings. The summed E-state index contributed by atoms with van der Waals surface area (Å²) in [4.78, 5) is 0. The first kappa shape index (κ1) is 8.98. The number of hydrogen-bond donors (Lipinski definition) is 2. The fraction of sp³-hybridized carbons (Fsp3) is 0.429. The second-order valence-electron chi connectivity index (χ2n) is 3.09. The molecule has 0 spiro atoms. The van der Waals surface area contributed by atoms with Gasteiger partial charge in [0.25, 0.3) is 0 Å². The van der Waals surface area contributed by atoms with E-state index in [4.69, 9.17) is 5.73 Å². The minimum Gasteiger partial charge on any atom is -0.398 e. The summed E-state index contributed by atoms with van der Waals surface area (Å²) in [6.07, 6.45) is 1.89. The van der Waals surface area contributed by atoms with E-state index < -0.39 is 10.0 Å². The first-order valence-corrected chi connectivity index (χ1v) is 6.30. The summed E-state index contributed by atoms with van der Waals surface area (Å²) in [6, 6.07) is 1.63. The Hall–Kier alpha value is -0.590. The van der Waals surface area contributed by atoms with Gasteiger partial charge >= 0.3 is 0 Å². The highest BCUT2D eigenvalue weighted by Gasteiger charge is 2.28. The van der Waals surface area contributed by atoms with Crippen LogP contribution in [-0.4, -0.2) is 14.5 Å². The van der Waals surface area contributed by atoms with Crippen molar-refractivity contribution in [3.8, 4) is 0 Å². The molecule has 0 aliphatic heterocycles. The molecule has 13 heavy (non-hydrogen) atoms. The summed E-state index contributed by atoms with van der Waals surface area (Å²) in [7, 11) is -3.29. The Bertz CT molecular complexity index is 406. The van der Waals surface area contributed by atoms with Gasteiger partial charge in [0.05, 0.1) is 0 Å². The number of anilines is 1. The van der Waals surface area contributed by atoms with Crippen molar-refractivity contribution in [2.24, 2.45) is 0 Å². The number of thiophene rings is 1. The Kier molecular flexibility index (Phi) is 2.05. The van der Waals surface area contributed by atoms with E-state index in [2.05, 4.69) is 4.72 Å². The molecule has 1 fully saturated rings. The van der Waals surface area contributed by atoms with Gasteiger partial charge in [0.1, 0.15) is 4.21 Å². The van der Waals surface area contributed by atoms with Gasteiger partial charge in [-0.15, -0.1) is 11.3 Å². The molecule has 1 heterocycles. The fourth-order valence-corrected chi connectivity index (χ4v) is 3.35. The van der Waals surface area contributed by atoms with E-state index >= 15 is 0 Å². The third-order valence-electron chi connectivity index (χ3n) is 1.76. The molecule has 0 unspecified atom stereocenters. The van der Waals surface area contributed by atoms with E-state index in [-0.39, 0.29) is 6.04 Å². The summed E-state index contributed by atoms with van der Waals surface area (Å²) < 4.78 is 26.0. The Morgan fingerprint density at radius 3 is 2.69 bits per heavy atom. The molecule has 1 aliphatic carbocycles. The summed E-state index contributed by atoms with van der Waals surface area (Å²) >= 11 is 1.15. The minimum absolute atomic E-state index is 0.147. The van der Waals surface area contributed by atoms with Crippen LogP contribution in [0.4, 0.5) is 5.69 Å². The molecule has 3 N–H and O–H groups in total. The molecular formula is C7H10N2O2S2. The zero-order valence-electron chi connectivity index (χ0n) is 6.86. The first-order valence-electron chi connectivity index (χ1n) is 3.94. The van der Waals surface area contributed by atoms with E-state index in [1.165, 1.54) is 6.07 Å². The predicted octanol–water partition coefficient (Wildman–Crippen LogP) is 0.771. The van der Waals surface area contributed by atoms with E-state index in [0.29, 0.717) is 9.90 Å². The van der Waals surface area contributed by atoms with Crippen LogP contribution >= 0.6 is 11.3 Å². The average Bonchev–Trinajstić information content (AvgIpc) is 2.70. The number of sulfonamides is 1. The molecule has 0 bridgehead atoms. The van der Waals surface area contributed by atoms with Crippen molar-refractivity contribution < 1.29 is 8.42 Å². The lowest BCUT2D eigenvalue weighted by atomic mass is 10.6. The predicted molar refractivity (Wildman–Crippen MR) is 52.1 cm³/mol. The van der Waals surface area contributed by atoms with Crippen molar-refractivity contribution in [2.45, 2.75) is 23.1 Å². The lowest BCUT2D eigenvalue weighted by Gasteiger charge is -2.00. The van der Waals surface area contributed by atoms with E-state index in [0.717, 1.165) is 24.2 Å². The minimum atomic E-state index is -3.29. The third kappa shape index (κ3) is 2.01.